The predicted molar refractivity (Wildman–Crippen MR) is 140 cm³/mol. The van der Waals surface area contributed by atoms with E-state index >= 15 is 0 Å². The minimum atomic E-state index is 0.147. The monoisotopic (exact) mass is 467 g/mol. The summed E-state index contributed by atoms with van der Waals surface area (Å²) in [6.07, 6.45) is 4.45. The van der Waals surface area contributed by atoms with Crippen molar-refractivity contribution < 1.29 is 9.47 Å². The SMILES string of the molecule is COc1ccc([C@@]23CC[C@@H](NC(=S)Nc4ccc(C(C)C)cc4)C[C@@H]2N(C)CC3)cc1OC. The molecule has 2 aromatic carbocycles. The van der Waals surface area contributed by atoms with Crippen LogP contribution in [0.25, 0.3) is 0 Å². The van der Waals surface area contributed by atoms with Crippen molar-refractivity contribution in [2.45, 2.75) is 62.9 Å². The van der Waals surface area contributed by atoms with E-state index in [1.54, 1.807) is 14.2 Å². The third-order valence-corrected chi connectivity index (χ3v) is 7.88. The summed E-state index contributed by atoms with van der Waals surface area (Å²) in [5, 5.41) is 7.67. The number of hydrogen-bond acceptors (Lipinski definition) is 4. The highest BCUT2D eigenvalue weighted by molar-refractivity contribution is 7.80. The normalized spacial score (nSPS) is 24.9. The third kappa shape index (κ3) is 4.82. The quantitative estimate of drug-likeness (QED) is 0.562. The Hall–Kier alpha value is -2.31. The first kappa shape index (κ1) is 23.8. The molecule has 1 heterocycles. The lowest BCUT2D eigenvalue weighted by molar-refractivity contribution is 0.161. The van der Waals surface area contributed by atoms with Crippen LogP contribution in [0.4, 0.5) is 5.69 Å². The number of benzene rings is 2. The summed E-state index contributed by atoms with van der Waals surface area (Å²) in [5.74, 6) is 2.13. The zero-order valence-electron chi connectivity index (χ0n) is 20.5. The van der Waals surface area contributed by atoms with Gasteiger partial charge in [-0.1, -0.05) is 32.0 Å². The first-order chi connectivity index (χ1) is 15.9. The Kier molecular flexibility index (Phi) is 7.15. The second-order valence-electron chi connectivity index (χ2n) is 9.82. The second kappa shape index (κ2) is 9.90. The molecule has 1 aliphatic heterocycles. The maximum Gasteiger partial charge on any atom is 0.170 e. The van der Waals surface area contributed by atoms with Crippen LogP contribution in [-0.2, 0) is 5.41 Å². The lowest BCUT2D eigenvalue weighted by atomic mass is 9.65. The van der Waals surface area contributed by atoms with Gasteiger partial charge < -0.3 is 25.0 Å². The van der Waals surface area contributed by atoms with Crippen LogP contribution < -0.4 is 20.1 Å². The number of hydrogen-bond donors (Lipinski definition) is 2. The second-order valence-corrected chi connectivity index (χ2v) is 10.2. The van der Waals surface area contributed by atoms with E-state index in [0.717, 1.165) is 43.0 Å². The molecular weight excluding hydrogens is 430 g/mol. The van der Waals surface area contributed by atoms with Crippen molar-refractivity contribution in [1.82, 2.24) is 10.2 Å². The molecule has 2 N–H and O–H groups in total. The van der Waals surface area contributed by atoms with Crippen molar-refractivity contribution in [3.05, 3.63) is 53.6 Å². The van der Waals surface area contributed by atoms with E-state index in [2.05, 4.69) is 72.8 Å². The summed E-state index contributed by atoms with van der Waals surface area (Å²) in [4.78, 5) is 2.52. The Morgan fingerprint density at radius 1 is 1.06 bits per heavy atom. The topological polar surface area (TPSA) is 45.8 Å². The highest BCUT2D eigenvalue weighted by Crippen LogP contribution is 2.49. The fourth-order valence-electron chi connectivity index (χ4n) is 5.70. The Morgan fingerprint density at radius 3 is 2.45 bits per heavy atom. The van der Waals surface area contributed by atoms with Gasteiger partial charge in [0.25, 0.3) is 0 Å². The van der Waals surface area contributed by atoms with E-state index in [0.29, 0.717) is 23.1 Å². The maximum absolute atomic E-state index is 5.67. The Bertz CT molecular complexity index is 978. The molecule has 1 aliphatic carbocycles. The van der Waals surface area contributed by atoms with E-state index in [4.69, 9.17) is 21.7 Å². The lowest BCUT2D eigenvalue weighted by Gasteiger charge is -2.45. The molecule has 0 amide bonds. The number of methoxy groups -OCH3 is 2. The molecule has 178 valence electrons. The van der Waals surface area contributed by atoms with Crippen LogP contribution in [-0.4, -0.2) is 49.9 Å². The minimum absolute atomic E-state index is 0.147. The van der Waals surface area contributed by atoms with Crippen molar-refractivity contribution in [1.29, 1.82) is 0 Å². The van der Waals surface area contributed by atoms with Gasteiger partial charge in [0.05, 0.1) is 14.2 Å². The number of nitrogens with zero attached hydrogens (tertiary/aromatic N) is 1. The minimum Gasteiger partial charge on any atom is -0.493 e. The summed E-state index contributed by atoms with van der Waals surface area (Å²) in [6, 6.07) is 15.8. The molecule has 0 bridgehead atoms. The Balaban J connectivity index is 1.44. The number of fused-ring (bicyclic) bond motifs is 1. The van der Waals surface area contributed by atoms with Gasteiger partial charge in [0.2, 0.25) is 0 Å². The summed E-state index contributed by atoms with van der Waals surface area (Å²) in [7, 11) is 5.65. The lowest BCUT2D eigenvalue weighted by Crippen LogP contribution is -2.52. The molecule has 2 aliphatic rings. The Morgan fingerprint density at radius 2 is 1.79 bits per heavy atom. The number of ether oxygens (including phenoxy) is 2. The molecule has 0 aromatic heterocycles. The number of nitrogens with one attached hydrogen (secondary N) is 2. The largest absolute Gasteiger partial charge is 0.493 e. The van der Waals surface area contributed by atoms with Crippen molar-refractivity contribution in [3.8, 4) is 11.5 Å². The van der Waals surface area contributed by atoms with Crippen molar-refractivity contribution in [2.75, 3.05) is 33.1 Å². The third-order valence-electron chi connectivity index (χ3n) is 7.66. The van der Waals surface area contributed by atoms with E-state index in [1.807, 2.05) is 6.07 Å². The summed E-state index contributed by atoms with van der Waals surface area (Å²) in [6.45, 7) is 5.52. The molecule has 4 rings (SSSR count). The van der Waals surface area contributed by atoms with Gasteiger partial charge in [0.15, 0.2) is 16.6 Å². The van der Waals surface area contributed by atoms with Crippen LogP contribution in [0.3, 0.4) is 0 Å². The standard InChI is InChI=1S/C27H37N3O2S/c1-18(2)19-6-9-21(10-7-19)28-26(33)29-22-12-13-27(14-15-30(3)25(27)17-22)20-8-11-23(31-4)24(16-20)32-5/h6-11,16,18,22,25H,12-15,17H2,1-5H3,(H2,28,29,33)/t22-,25+,27+/m1/s1. The molecular formula is C27H37N3O2S. The van der Waals surface area contributed by atoms with E-state index in [1.165, 1.54) is 17.5 Å². The van der Waals surface area contributed by atoms with Crippen LogP contribution in [0.15, 0.2) is 42.5 Å². The van der Waals surface area contributed by atoms with Crippen LogP contribution in [0.5, 0.6) is 11.5 Å². The van der Waals surface area contributed by atoms with Gasteiger partial charge in [-0.05, 0) is 92.8 Å². The molecule has 0 unspecified atom stereocenters. The highest BCUT2D eigenvalue weighted by atomic mass is 32.1. The molecule has 2 aromatic rings. The predicted octanol–water partition coefficient (Wildman–Crippen LogP) is 5.31. The van der Waals surface area contributed by atoms with Crippen molar-refractivity contribution in [2.24, 2.45) is 0 Å². The molecule has 2 fully saturated rings. The number of rotatable bonds is 6. The first-order valence-corrected chi connectivity index (χ1v) is 12.4. The number of thiocarbonyl (C=S) groups is 1. The van der Waals surface area contributed by atoms with Gasteiger partial charge >= 0.3 is 0 Å². The first-order valence-electron chi connectivity index (χ1n) is 12.0. The van der Waals surface area contributed by atoms with Crippen LogP contribution in [0.1, 0.15) is 56.6 Å². The van der Waals surface area contributed by atoms with E-state index in [-0.39, 0.29) is 5.41 Å². The van der Waals surface area contributed by atoms with Crippen molar-refractivity contribution >= 4 is 23.0 Å². The summed E-state index contributed by atoms with van der Waals surface area (Å²) in [5.41, 5.74) is 3.88. The van der Waals surface area contributed by atoms with Gasteiger partial charge in [-0.25, -0.2) is 0 Å². The molecule has 6 heteroatoms. The van der Waals surface area contributed by atoms with Gasteiger partial charge in [-0.2, -0.15) is 0 Å². The van der Waals surface area contributed by atoms with Crippen molar-refractivity contribution in [3.63, 3.8) is 0 Å². The van der Waals surface area contributed by atoms with E-state index in [9.17, 15) is 0 Å². The van der Waals surface area contributed by atoms with Crippen LogP contribution >= 0.6 is 12.2 Å². The summed E-state index contributed by atoms with van der Waals surface area (Å²) < 4.78 is 11.1. The fourth-order valence-corrected chi connectivity index (χ4v) is 5.98. The zero-order chi connectivity index (χ0) is 23.6. The molecule has 3 atom stereocenters. The van der Waals surface area contributed by atoms with E-state index < -0.39 is 0 Å². The summed E-state index contributed by atoms with van der Waals surface area (Å²) >= 11 is 5.67. The maximum atomic E-state index is 5.67. The molecule has 33 heavy (non-hydrogen) atoms. The number of likely N-dealkylation sites (N-methyl/N-ethyl adjacent to an activating group) is 1. The molecule has 0 radical (unpaired) electrons. The molecule has 0 spiro atoms. The van der Waals surface area contributed by atoms with Gasteiger partial charge in [-0.15, -0.1) is 0 Å². The smallest absolute Gasteiger partial charge is 0.170 e. The molecule has 1 saturated carbocycles. The average Bonchev–Trinajstić information content (AvgIpc) is 3.16. The zero-order valence-corrected chi connectivity index (χ0v) is 21.3. The molecule has 1 saturated heterocycles. The fraction of sp³-hybridized carbons (Fsp3) is 0.519. The Labute approximate surface area is 203 Å². The van der Waals surface area contributed by atoms with Gasteiger partial charge in [0.1, 0.15) is 0 Å². The van der Waals surface area contributed by atoms with Crippen LogP contribution in [0, 0.1) is 0 Å². The number of anilines is 1. The highest BCUT2D eigenvalue weighted by Gasteiger charge is 2.50. The van der Waals surface area contributed by atoms with Crippen LogP contribution in [0.2, 0.25) is 0 Å². The average molecular weight is 468 g/mol. The number of likely N-dealkylation sites (tertiary alicyclic amines) is 1. The van der Waals surface area contributed by atoms with Gasteiger partial charge in [0, 0.05) is 23.2 Å². The molecule has 5 nitrogen and oxygen atoms in total. The van der Waals surface area contributed by atoms with Gasteiger partial charge in [-0.3, -0.25) is 0 Å².